The van der Waals surface area contributed by atoms with E-state index in [1.807, 2.05) is 13.0 Å². The number of hydrogen-bond donors (Lipinski definition) is 0. The molecule has 0 heterocycles. The second kappa shape index (κ2) is 6.06. The molecule has 2 aromatic carbocycles. The van der Waals surface area contributed by atoms with E-state index in [0.717, 1.165) is 5.56 Å². The van der Waals surface area contributed by atoms with Crippen LogP contribution in [0.25, 0.3) is 0 Å². The highest BCUT2D eigenvalue weighted by molar-refractivity contribution is 6.31. The van der Waals surface area contributed by atoms with E-state index in [1.54, 1.807) is 18.2 Å². The standard InChI is InChI=1S/C16H14ClFO2/c1-10-6-7-12(11(2)19)16(8-10)20-9-13-14(17)4-3-5-15(13)18/h3-8H,9H2,1-2H3. The molecule has 4 heteroatoms. The molecule has 0 radical (unpaired) electrons. The van der Waals surface area contributed by atoms with Gasteiger partial charge < -0.3 is 4.74 Å². The average Bonchev–Trinajstić information content (AvgIpc) is 2.37. The lowest BCUT2D eigenvalue weighted by Gasteiger charge is -2.12. The Bertz CT molecular complexity index is 633. The molecule has 2 rings (SSSR count). The maximum atomic E-state index is 13.7. The van der Waals surface area contributed by atoms with Crippen molar-refractivity contribution in [3.8, 4) is 5.75 Å². The largest absolute Gasteiger partial charge is 0.488 e. The molecule has 0 unspecified atom stereocenters. The molecule has 0 bridgehead atoms. The van der Waals surface area contributed by atoms with E-state index in [-0.39, 0.29) is 18.0 Å². The summed E-state index contributed by atoms with van der Waals surface area (Å²) in [6.07, 6.45) is 0. The molecule has 104 valence electrons. The first kappa shape index (κ1) is 14.5. The summed E-state index contributed by atoms with van der Waals surface area (Å²) in [4.78, 5) is 11.5. The van der Waals surface area contributed by atoms with Gasteiger partial charge in [-0.25, -0.2) is 4.39 Å². The molecule has 0 N–H and O–H groups in total. The lowest BCUT2D eigenvalue weighted by Crippen LogP contribution is -2.04. The minimum atomic E-state index is -0.422. The number of carbonyl (C=O) groups is 1. The topological polar surface area (TPSA) is 26.3 Å². The average molecular weight is 293 g/mol. The summed E-state index contributed by atoms with van der Waals surface area (Å²) < 4.78 is 19.2. The molecule has 0 aromatic heterocycles. The third kappa shape index (κ3) is 3.17. The van der Waals surface area contributed by atoms with Crippen LogP contribution < -0.4 is 4.74 Å². The van der Waals surface area contributed by atoms with Gasteiger partial charge in [-0.15, -0.1) is 0 Å². The number of rotatable bonds is 4. The van der Waals surface area contributed by atoms with Crippen molar-refractivity contribution in [2.45, 2.75) is 20.5 Å². The Labute approximate surface area is 122 Å². The molecule has 0 fully saturated rings. The molecule has 0 atom stereocenters. The number of ether oxygens (including phenoxy) is 1. The van der Waals surface area contributed by atoms with Crippen LogP contribution in [0.5, 0.6) is 5.75 Å². The molecular formula is C16H14ClFO2. The van der Waals surface area contributed by atoms with Crippen LogP contribution in [-0.4, -0.2) is 5.78 Å². The molecule has 0 saturated heterocycles. The highest BCUT2D eigenvalue weighted by Gasteiger charge is 2.12. The Morgan fingerprint density at radius 3 is 2.70 bits per heavy atom. The first-order valence-electron chi connectivity index (χ1n) is 6.16. The van der Waals surface area contributed by atoms with Crippen molar-refractivity contribution in [3.63, 3.8) is 0 Å². The Hall–Kier alpha value is -1.87. The number of Topliss-reactive ketones (excluding diaryl/α,β-unsaturated/α-hetero) is 1. The molecule has 0 aliphatic carbocycles. The first-order valence-corrected chi connectivity index (χ1v) is 6.54. The summed E-state index contributed by atoms with van der Waals surface area (Å²) in [7, 11) is 0. The zero-order valence-corrected chi connectivity index (χ0v) is 12.0. The lowest BCUT2D eigenvalue weighted by atomic mass is 10.1. The van der Waals surface area contributed by atoms with Gasteiger partial charge in [0.2, 0.25) is 0 Å². The van der Waals surface area contributed by atoms with Gasteiger partial charge in [0.25, 0.3) is 0 Å². The van der Waals surface area contributed by atoms with E-state index in [1.165, 1.54) is 19.1 Å². The summed E-state index contributed by atoms with van der Waals surface area (Å²) in [5.41, 5.74) is 1.72. The van der Waals surface area contributed by atoms with Gasteiger partial charge >= 0.3 is 0 Å². The van der Waals surface area contributed by atoms with E-state index < -0.39 is 5.82 Å². The summed E-state index contributed by atoms with van der Waals surface area (Å²) in [5.74, 6) is -0.0778. The minimum absolute atomic E-state index is 0.0186. The number of halogens is 2. The van der Waals surface area contributed by atoms with Crippen LogP contribution in [0.2, 0.25) is 5.02 Å². The highest BCUT2D eigenvalue weighted by Crippen LogP contribution is 2.25. The van der Waals surface area contributed by atoms with Gasteiger partial charge in [-0.3, -0.25) is 4.79 Å². The molecule has 0 aliphatic heterocycles. The molecule has 0 aliphatic rings. The fourth-order valence-electron chi connectivity index (χ4n) is 1.86. The fraction of sp³-hybridized carbons (Fsp3) is 0.188. The predicted molar refractivity (Wildman–Crippen MR) is 76.9 cm³/mol. The molecule has 20 heavy (non-hydrogen) atoms. The summed E-state index contributed by atoms with van der Waals surface area (Å²) in [6, 6.07) is 9.76. The van der Waals surface area contributed by atoms with Gasteiger partial charge in [-0.2, -0.15) is 0 Å². The molecule has 2 nitrogen and oxygen atoms in total. The highest BCUT2D eigenvalue weighted by atomic mass is 35.5. The van der Waals surface area contributed by atoms with Crippen LogP contribution in [0.3, 0.4) is 0 Å². The van der Waals surface area contributed by atoms with E-state index in [9.17, 15) is 9.18 Å². The Morgan fingerprint density at radius 2 is 2.05 bits per heavy atom. The van der Waals surface area contributed by atoms with Crippen LogP contribution in [0.15, 0.2) is 36.4 Å². The Kier molecular flexibility index (Phi) is 4.40. The van der Waals surface area contributed by atoms with Gasteiger partial charge in [-0.1, -0.05) is 23.7 Å². The van der Waals surface area contributed by atoms with Gasteiger partial charge in [0, 0.05) is 5.56 Å². The van der Waals surface area contributed by atoms with Crippen molar-refractivity contribution in [1.29, 1.82) is 0 Å². The van der Waals surface area contributed by atoms with Crippen LogP contribution >= 0.6 is 11.6 Å². The Morgan fingerprint density at radius 1 is 1.30 bits per heavy atom. The third-order valence-corrected chi connectivity index (χ3v) is 3.30. The quantitative estimate of drug-likeness (QED) is 0.772. The number of hydrogen-bond acceptors (Lipinski definition) is 2. The SMILES string of the molecule is CC(=O)c1ccc(C)cc1OCc1c(F)cccc1Cl. The number of aryl methyl sites for hydroxylation is 1. The van der Waals surface area contributed by atoms with Crippen molar-refractivity contribution >= 4 is 17.4 Å². The van der Waals surface area contributed by atoms with Crippen molar-refractivity contribution in [2.24, 2.45) is 0 Å². The smallest absolute Gasteiger partial charge is 0.163 e. The summed E-state index contributed by atoms with van der Waals surface area (Å²) in [6.45, 7) is 3.34. The van der Waals surface area contributed by atoms with E-state index >= 15 is 0 Å². The maximum absolute atomic E-state index is 13.7. The van der Waals surface area contributed by atoms with Crippen LogP contribution in [0, 0.1) is 12.7 Å². The van der Waals surface area contributed by atoms with Crippen molar-refractivity contribution in [1.82, 2.24) is 0 Å². The van der Waals surface area contributed by atoms with E-state index in [4.69, 9.17) is 16.3 Å². The van der Waals surface area contributed by atoms with Gasteiger partial charge in [-0.05, 0) is 43.7 Å². The normalized spacial score (nSPS) is 10.4. The molecule has 0 amide bonds. The predicted octanol–water partition coefficient (Wildman–Crippen LogP) is 4.57. The summed E-state index contributed by atoms with van der Waals surface area (Å²) >= 11 is 5.94. The van der Waals surface area contributed by atoms with E-state index in [0.29, 0.717) is 16.3 Å². The number of benzene rings is 2. The maximum Gasteiger partial charge on any atom is 0.163 e. The van der Waals surface area contributed by atoms with Crippen molar-refractivity contribution in [3.05, 3.63) is 63.9 Å². The van der Waals surface area contributed by atoms with E-state index in [2.05, 4.69) is 0 Å². The molecule has 0 saturated carbocycles. The molecule has 2 aromatic rings. The monoisotopic (exact) mass is 292 g/mol. The van der Waals surface area contributed by atoms with Crippen molar-refractivity contribution in [2.75, 3.05) is 0 Å². The zero-order valence-electron chi connectivity index (χ0n) is 11.2. The van der Waals surface area contributed by atoms with Gasteiger partial charge in [0.15, 0.2) is 5.78 Å². The first-order chi connectivity index (χ1) is 9.49. The number of ketones is 1. The molecular weight excluding hydrogens is 279 g/mol. The van der Waals surface area contributed by atoms with Gasteiger partial charge in [0.1, 0.15) is 18.2 Å². The van der Waals surface area contributed by atoms with Gasteiger partial charge in [0.05, 0.1) is 10.6 Å². The Balaban J connectivity index is 2.27. The van der Waals surface area contributed by atoms with Crippen LogP contribution in [-0.2, 0) is 6.61 Å². The lowest BCUT2D eigenvalue weighted by molar-refractivity contribution is 0.101. The zero-order chi connectivity index (χ0) is 14.7. The number of carbonyl (C=O) groups excluding carboxylic acids is 1. The second-order valence-corrected chi connectivity index (χ2v) is 4.95. The third-order valence-electron chi connectivity index (χ3n) is 2.95. The van der Waals surface area contributed by atoms with Crippen molar-refractivity contribution < 1.29 is 13.9 Å². The van der Waals surface area contributed by atoms with Crippen LogP contribution in [0.4, 0.5) is 4.39 Å². The second-order valence-electron chi connectivity index (χ2n) is 4.54. The summed E-state index contributed by atoms with van der Waals surface area (Å²) in [5, 5.41) is 0.307. The van der Waals surface area contributed by atoms with Crippen LogP contribution in [0.1, 0.15) is 28.4 Å². The fourth-order valence-corrected chi connectivity index (χ4v) is 2.08. The molecule has 0 spiro atoms. The minimum Gasteiger partial charge on any atom is -0.488 e.